The van der Waals surface area contributed by atoms with Crippen LogP contribution in [0.1, 0.15) is 37.9 Å². The van der Waals surface area contributed by atoms with Gasteiger partial charge in [-0.05, 0) is 44.5 Å². The molecule has 2 heteroatoms. The van der Waals surface area contributed by atoms with Gasteiger partial charge in [-0.1, -0.05) is 31.2 Å². The Morgan fingerprint density at radius 1 is 1.05 bits per heavy atom. The van der Waals surface area contributed by atoms with Crippen LogP contribution >= 0.6 is 0 Å². The Hall–Kier alpha value is -2.09. The number of benzene rings is 1. The van der Waals surface area contributed by atoms with Crippen molar-refractivity contribution in [3.05, 3.63) is 65.7 Å². The fraction of sp³-hybridized carbons (Fsp3) is 0.278. The molecule has 0 bridgehead atoms. The molecule has 0 aliphatic heterocycles. The number of hydrogen-bond donors (Lipinski definition) is 0. The molecule has 0 atom stereocenters. The number of rotatable bonds is 3. The minimum Gasteiger partial charge on any atom is -0.460 e. The summed E-state index contributed by atoms with van der Waals surface area (Å²) < 4.78 is 6.02. The number of furan rings is 1. The van der Waals surface area contributed by atoms with Crippen molar-refractivity contribution in [2.45, 2.75) is 32.6 Å². The lowest BCUT2D eigenvalue weighted by atomic mass is 9.85. The number of fused-ring (bicyclic) bond motifs is 1. The first-order valence-electron chi connectivity index (χ1n) is 7.06. The lowest BCUT2D eigenvalue weighted by Gasteiger charge is -2.22. The fourth-order valence-corrected chi connectivity index (χ4v) is 2.44. The molecule has 0 spiro atoms. The molecule has 0 saturated heterocycles. The first-order chi connectivity index (χ1) is 9.61. The summed E-state index contributed by atoms with van der Waals surface area (Å²) in [5, 5.41) is 1.14. The zero-order valence-corrected chi connectivity index (χ0v) is 12.2. The highest BCUT2D eigenvalue weighted by atomic mass is 16.3. The van der Waals surface area contributed by atoms with E-state index < -0.39 is 0 Å². The van der Waals surface area contributed by atoms with E-state index in [0.29, 0.717) is 0 Å². The minimum absolute atomic E-state index is 0.232. The monoisotopic (exact) mass is 265 g/mol. The van der Waals surface area contributed by atoms with Crippen LogP contribution in [0.4, 0.5) is 0 Å². The molecule has 0 aliphatic rings. The lowest BCUT2D eigenvalue weighted by molar-refractivity contribution is 0.445. The number of aromatic nitrogens is 1. The predicted molar refractivity (Wildman–Crippen MR) is 82.0 cm³/mol. The van der Waals surface area contributed by atoms with Crippen LogP contribution in [0.2, 0.25) is 0 Å². The van der Waals surface area contributed by atoms with Crippen molar-refractivity contribution in [1.29, 1.82) is 0 Å². The molecule has 0 radical (unpaired) electrons. The molecule has 3 aromatic rings. The molecule has 0 N–H and O–H groups in total. The summed E-state index contributed by atoms with van der Waals surface area (Å²) in [5.74, 6) is 0.958. The van der Waals surface area contributed by atoms with E-state index in [0.717, 1.165) is 34.5 Å². The van der Waals surface area contributed by atoms with Gasteiger partial charge in [0.1, 0.15) is 11.3 Å². The van der Waals surface area contributed by atoms with E-state index in [1.165, 1.54) is 0 Å². The number of pyridine rings is 1. The first-order valence-corrected chi connectivity index (χ1v) is 7.06. The van der Waals surface area contributed by atoms with Gasteiger partial charge < -0.3 is 4.42 Å². The zero-order valence-electron chi connectivity index (χ0n) is 12.2. The minimum atomic E-state index is -0.232. The summed E-state index contributed by atoms with van der Waals surface area (Å²) in [6.07, 6.45) is 0.948. The van der Waals surface area contributed by atoms with Crippen molar-refractivity contribution in [3.8, 4) is 0 Å². The van der Waals surface area contributed by atoms with E-state index in [4.69, 9.17) is 9.40 Å². The van der Waals surface area contributed by atoms with Gasteiger partial charge in [-0.25, -0.2) is 0 Å². The van der Waals surface area contributed by atoms with Crippen molar-refractivity contribution in [1.82, 2.24) is 4.98 Å². The molecule has 20 heavy (non-hydrogen) atoms. The molecule has 2 heterocycles. The molecule has 2 nitrogen and oxygen atoms in total. The number of aryl methyl sites for hydroxylation is 1. The van der Waals surface area contributed by atoms with Gasteiger partial charge in [0.25, 0.3) is 0 Å². The number of para-hydroxylation sites is 1. The maximum Gasteiger partial charge on any atom is 0.134 e. The normalized spacial score (nSPS) is 11.9. The Labute approximate surface area is 119 Å². The second-order valence-electron chi connectivity index (χ2n) is 5.64. The van der Waals surface area contributed by atoms with Gasteiger partial charge in [0, 0.05) is 11.1 Å². The molecular formula is C18H19NO. The summed E-state index contributed by atoms with van der Waals surface area (Å²) in [4.78, 5) is 4.75. The van der Waals surface area contributed by atoms with Gasteiger partial charge in [-0.15, -0.1) is 0 Å². The highest BCUT2D eigenvalue weighted by Gasteiger charge is 2.28. The molecule has 0 amide bonds. The SMILES string of the molecule is CCc1cccc(C(C)(C)c2cc3ccccc3o2)n1. The molecular weight excluding hydrogens is 246 g/mol. The third-order valence-electron chi connectivity index (χ3n) is 3.85. The molecule has 2 aromatic heterocycles. The van der Waals surface area contributed by atoms with E-state index in [1.807, 2.05) is 18.2 Å². The van der Waals surface area contributed by atoms with Crippen molar-refractivity contribution in [2.24, 2.45) is 0 Å². The van der Waals surface area contributed by atoms with Crippen molar-refractivity contribution in [3.63, 3.8) is 0 Å². The quantitative estimate of drug-likeness (QED) is 0.685. The molecule has 0 aliphatic carbocycles. The fourth-order valence-electron chi connectivity index (χ4n) is 2.44. The highest BCUT2D eigenvalue weighted by molar-refractivity contribution is 5.78. The van der Waals surface area contributed by atoms with E-state index in [-0.39, 0.29) is 5.41 Å². The molecule has 0 unspecified atom stereocenters. The van der Waals surface area contributed by atoms with Gasteiger partial charge in [-0.2, -0.15) is 0 Å². The van der Waals surface area contributed by atoms with Gasteiger partial charge >= 0.3 is 0 Å². The Morgan fingerprint density at radius 2 is 1.85 bits per heavy atom. The van der Waals surface area contributed by atoms with Crippen molar-refractivity contribution < 1.29 is 4.42 Å². The molecule has 0 fully saturated rings. The van der Waals surface area contributed by atoms with E-state index >= 15 is 0 Å². The topological polar surface area (TPSA) is 26.0 Å². The second kappa shape index (κ2) is 4.78. The summed E-state index contributed by atoms with van der Waals surface area (Å²) in [5.41, 5.74) is 2.87. The van der Waals surface area contributed by atoms with Crippen LogP contribution in [0, 0.1) is 0 Å². The van der Waals surface area contributed by atoms with Gasteiger partial charge in [0.05, 0.1) is 11.1 Å². The maximum atomic E-state index is 6.02. The Kier molecular flexibility index (Phi) is 3.09. The zero-order chi connectivity index (χ0) is 14.2. The predicted octanol–water partition coefficient (Wildman–Crippen LogP) is 4.72. The number of nitrogens with zero attached hydrogens (tertiary/aromatic N) is 1. The maximum absolute atomic E-state index is 6.02. The summed E-state index contributed by atoms with van der Waals surface area (Å²) in [6, 6.07) is 16.5. The van der Waals surface area contributed by atoms with Crippen LogP contribution in [-0.2, 0) is 11.8 Å². The van der Waals surface area contributed by atoms with Crippen molar-refractivity contribution >= 4 is 11.0 Å². The average molecular weight is 265 g/mol. The molecule has 3 rings (SSSR count). The van der Waals surface area contributed by atoms with Crippen molar-refractivity contribution in [2.75, 3.05) is 0 Å². The van der Waals surface area contributed by atoms with Crippen LogP contribution in [0.3, 0.4) is 0 Å². The lowest BCUT2D eigenvalue weighted by Crippen LogP contribution is -2.20. The highest BCUT2D eigenvalue weighted by Crippen LogP contribution is 2.34. The third kappa shape index (κ3) is 2.11. The average Bonchev–Trinajstić information content (AvgIpc) is 2.92. The van der Waals surface area contributed by atoms with Crippen LogP contribution in [0.5, 0.6) is 0 Å². The molecule has 102 valence electrons. The van der Waals surface area contributed by atoms with E-state index in [1.54, 1.807) is 0 Å². The van der Waals surface area contributed by atoms with Crippen LogP contribution < -0.4 is 0 Å². The van der Waals surface area contributed by atoms with Gasteiger partial charge in [0.2, 0.25) is 0 Å². The summed E-state index contributed by atoms with van der Waals surface area (Å²) in [6.45, 7) is 6.44. The molecule has 0 saturated carbocycles. The standard InChI is InChI=1S/C18H19NO/c1-4-14-9-7-11-16(19-14)18(2,3)17-12-13-8-5-6-10-15(13)20-17/h5-12H,4H2,1-3H3. The van der Waals surface area contributed by atoms with Crippen LogP contribution in [0.15, 0.2) is 52.9 Å². The number of hydrogen-bond acceptors (Lipinski definition) is 2. The second-order valence-corrected chi connectivity index (χ2v) is 5.64. The Morgan fingerprint density at radius 3 is 2.60 bits per heavy atom. The van der Waals surface area contributed by atoms with Crippen LogP contribution in [-0.4, -0.2) is 4.98 Å². The Balaban J connectivity index is 2.09. The van der Waals surface area contributed by atoms with E-state index in [9.17, 15) is 0 Å². The third-order valence-corrected chi connectivity index (χ3v) is 3.85. The summed E-state index contributed by atoms with van der Waals surface area (Å²) in [7, 11) is 0. The van der Waals surface area contributed by atoms with E-state index in [2.05, 4.69) is 51.1 Å². The largest absolute Gasteiger partial charge is 0.460 e. The van der Waals surface area contributed by atoms with Gasteiger partial charge in [0.15, 0.2) is 0 Å². The van der Waals surface area contributed by atoms with Gasteiger partial charge in [-0.3, -0.25) is 4.98 Å². The Bertz CT molecular complexity index is 707. The molecule has 1 aromatic carbocycles. The summed E-state index contributed by atoms with van der Waals surface area (Å²) >= 11 is 0. The smallest absolute Gasteiger partial charge is 0.134 e. The van der Waals surface area contributed by atoms with Crippen LogP contribution in [0.25, 0.3) is 11.0 Å². The first kappa shape index (κ1) is 12.9.